The largest absolute Gasteiger partial charge is 0.504 e. The van der Waals surface area contributed by atoms with Gasteiger partial charge in [0, 0.05) is 0 Å². The van der Waals surface area contributed by atoms with Gasteiger partial charge in [-0.05, 0) is 72.8 Å². The highest BCUT2D eigenvalue weighted by molar-refractivity contribution is 5.92. The molecule has 0 saturated carbocycles. The fraction of sp³-hybridized carbons (Fsp3) is 0.243. The first-order chi connectivity index (χ1) is 25.3. The average molecular weight is 737 g/mol. The van der Waals surface area contributed by atoms with Gasteiger partial charge in [-0.1, -0.05) is 0 Å². The van der Waals surface area contributed by atoms with E-state index in [1.165, 1.54) is 101 Å². The molecule has 0 atom stereocenters. The molecule has 0 heterocycles. The van der Waals surface area contributed by atoms with E-state index in [0.29, 0.717) is 0 Å². The predicted octanol–water partition coefficient (Wildman–Crippen LogP) is 4.26. The molecule has 0 saturated heterocycles. The van der Waals surface area contributed by atoms with Gasteiger partial charge in [-0.25, -0.2) is 19.2 Å². The number of aromatic hydroxyl groups is 4. The number of hydrogen-bond acceptors (Lipinski definition) is 16. The standard InChI is InChI=1S/C37H36O16/c1-46-29-13-21(5-9-25(29)38)33(42)50-17-37(18-51-34(43)22-6-10-26(39)30(14-22)47-2,19-52-35(44)23-7-11-27(40)31(15-23)48-3)20-53-36(45)24-8-12-28(41)32(16-24)49-4/h5-16,38-41H,17-20H2,1-4H3. The SMILES string of the molecule is COc1cc(C(=O)OCC(COC(=O)c2ccc(O)c(OC)c2)(COC(=O)c2ccc(O)c(OC)c2)COC(=O)c2ccc(O)c(OC)c2)ccc1O. The van der Waals surface area contributed by atoms with E-state index in [4.69, 9.17) is 37.9 Å². The molecule has 4 aromatic carbocycles. The Morgan fingerprint density at radius 1 is 0.415 bits per heavy atom. The molecule has 16 heteroatoms. The highest BCUT2D eigenvalue weighted by Gasteiger charge is 2.39. The van der Waals surface area contributed by atoms with E-state index in [0.717, 1.165) is 0 Å². The Labute approximate surface area is 302 Å². The molecule has 4 N–H and O–H groups in total. The lowest BCUT2D eigenvalue weighted by Crippen LogP contribution is -2.44. The molecule has 0 spiro atoms. The fourth-order valence-corrected chi connectivity index (χ4v) is 4.68. The molecule has 0 aromatic heterocycles. The van der Waals surface area contributed by atoms with Gasteiger partial charge in [0.25, 0.3) is 0 Å². The number of carbonyl (C=O) groups is 4. The molecule has 280 valence electrons. The van der Waals surface area contributed by atoms with E-state index < -0.39 is 55.7 Å². The van der Waals surface area contributed by atoms with Gasteiger partial charge < -0.3 is 58.3 Å². The fourth-order valence-electron chi connectivity index (χ4n) is 4.68. The Morgan fingerprint density at radius 3 is 0.811 bits per heavy atom. The van der Waals surface area contributed by atoms with Crippen molar-refractivity contribution in [3.63, 3.8) is 0 Å². The first kappa shape index (κ1) is 39.0. The minimum Gasteiger partial charge on any atom is -0.504 e. The summed E-state index contributed by atoms with van der Waals surface area (Å²) >= 11 is 0. The van der Waals surface area contributed by atoms with Crippen molar-refractivity contribution < 1.29 is 77.5 Å². The van der Waals surface area contributed by atoms with Gasteiger partial charge in [0.05, 0.1) is 50.7 Å². The third kappa shape index (κ3) is 9.69. The van der Waals surface area contributed by atoms with Crippen LogP contribution in [-0.2, 0) is 18.9 Å². The Balaban J connectivity index is 1.69. The molecule has 0 aliphatic rings. The average Bonchev–Trinajstić information content (AvgIpc) is 3.17. The van der Waals surface area contributed by atoms with E-state index in [1.54, 1.807) is 0 Å². The maximum Gasteiger partial charge on any atom is 0.338 e. The van der Waals surface area contributed by atoms with Gasteiger partial charge in [-0.2, -0.15) is 0 Å². The lowest BCUT2D eigenvalue weighted by atomic mass is 9.92. The van der Waals surface area contributed by atoms with Crippen molar-refractivity contribution in [1.82, 2.24) is 0 Å². The zero-order chi connectivity index (χ0) is 38.7. The van der Waals surface area contributed by atoms with Crippen molar-refractivity contribution >= 4 is 23.9 Å². The van der Waals surface area contributed by atoms with Crippen molar-refractivity contribution in [3.05, 3.63) is 95.1 Å². The summed E-state index contributed by atoms with van der Waals surface area (Å²) in [7, 11) is 5.12. The molecular weight excluding hydrogens is 700 g/mol. The summed E-state index contributed by atoms with van der Waals surface area (Å²) in [4.78, 5) is 53.0. The van der Waals surface area contributed by atoms with Crippen molar-refractivity contribution in [2.45, 2.75) is 0 Å². The van der Waals surface area contributed by atoms with Crippen LogP contribution in [0, 0.1) is 5.41 Å². The van der Waals surface area contributed by atoms with E-state index in [2.05, 4.69) is 0 Å². The van der Waals surface area contributed by atoms with Gasteiger partial charge in [0.1, 0.15) is 31.8 Å². The summed E-state index contributed by atoms with van der Waals surface area (Å²) in [6, 6.07) is 14.7. The molecule has 16 nitrogen and oxygen atoms in total. The number of hydrogen-bond donors (Lipinski definition) is 4. The maximum atomic E-state index is 13.3. The summed E-state index contributed by atoms with van der Waals surface area (Å²) < 4.78 is 42.7. The number of carbonyl (C=O) groups excluding carboxylic acids is 4. The number of methoxy groups -OCH3 is 4. The molecular formula is C37H36O16. The number of esters is 4. The van der Waals surface area contributed by atoms with Gasteiger partial charge in [0.2, 0.25) is 0 Å². The first-order valence-electron chi connectivity index (χ1n) is 15.5. The molecule has 0 fully saturated rings. The van der Waals surface area contributed by atoms with Crippen LogP contribution in [0.4, 0.5) is 0 Å². The quantitative estimate of drug-likeness (QED) is 0.0932. The number of benzene rings is 4. The van der Waals surface area contributed by atoms with E-state index >= 15 is 0 Å². The monoisotopic (exact) mass is 736 g/mol. The van der Waals surface area contributed by atoms with Crippen LogP contribution in [0.1, 0.15) is 41.4 Å². The normalized spacial score (nSPS) is 10.8. The van der Waals surface area contributed by atoms with Crippen molar-refractivity contribution in [1.29, 1.82) is 0 Å². The lowest BCUT2D eigenvalue weighted by Gasteiger charge is -2.31. The lowest BCUT2D eigenvalue weighted by molar-refractivity contribution is -0.0642. The number of rotatable bonds is 16. The minimum atomic E-state index is -1.79. The smallest absolute Gasteiger partial charge is 0.338 e. The van der Waals surface area contributed by atoms with Crippen LogP contribution < -0.4 is 18.9 Å². The van der Waals surface area contributed by atoms with E-state index in [1.807, 2.05) is 0 Å². The molecule has 53 heavy (non-hydrogen) atoms. The summed E-state index contributed by atoms with van der Waals surface area (Å²) in [5.74, 6) is -4.84. The third-order valence-electron chi connectivity index (χ3n) is 7.70. The van der Waals surface area contributed by atoms with Gasteiger partial charge >= 0.3 is 23.9 Å². The van der Waals surface area contributed by atoms with E-state index in [9.17, 15) is 39.6 Å². The van der Waals surface area contributed by atoms with Crippen LogP contribution in [0.2, 0.25) is 0 Å². The Kier molecular flexibility index (Phi) is 12.8. The summed E-state index contributed by atoms with van der Waals surface area (Å²) in [5, 5.41) is 39.9. The predicted molar refractivity (Wildman–Crippen MR) is 182 cm³/mol. The molecule has 4 aromatic rings. The molecule has 4 rings (SSSR count). The van der Waals surface area contributed by atoms with Crippen molar-refractivity contribution in [2.24, 2.45) is 5.41 Å². The highest BCUT2D eigenvalue weighted by atomic mass is 16.6. The zero-order valence-corrected chi connectivity index (χ0v) is 28.9. The molecule has 0 bridgehead atoms. The zero-order valence-electron chi connectivity index (χ0n) is 28.9. The van der Waals surface area contributed by atoms with Crippen molar-refractivity contribution in [2.75, 3.05) is 54.9 Å². The maximum absolute atomic E-state index is 13.3. The molecule has 0 radical (unpaired) electrons. The van der Waals surface area contributed by atoms with Crippen LogP contribution >= 0.6 is 0 Å². The van der Waals surface area contributed by atoms with Crippen molar-refractivity contribution in [3.8, 4) is 46.0 Å². The van der Waals surface area contributed by atoms with Crippen LogP contribution in [0.15, 0.2) is 72.8 Å². The molecule has 0 unspecified atom stereocenters. The van der Waals surface area contributed by atoms with Gasteiger partial charge in [-0.15, -0.1) is 0 Å². The summed E-state index contributed by atoms with van der Waals surface area (Å²) in [6.45, 7) is -2.72. The third-order valence-corrected chi connectivity index (χ3v) is 7.70. The van der Waals surface area contributed by atoms with Crippen LogP contribution in [0.5, 0.6) is 46.0 Å². The molecule has 0 aliphatic heterocycles. The Hall–Kier alpha value is -6.84. The minimum absolute atomic E-state index is 0.0273. The Bertz CT molecular complexity index is 1690. The van der Waals surface area contributed by atoms with Crippen LogP contribution in [0.3, 0.4) is 0 Å². The first-order valence-corrected chi connectivity index (χ1v) is 15.5. The van der Waals surface area contributed by atoms with E-state index in [-0.39, 0.29) is 68.2 Å². The summed E-state index contributed by atoms with van der Waals surface area (Å²) in [6.07, 6.45) is 0. The topological polar surface area (TPSA) is 223 Å². The molecule has 0 aliphatic carbocycles. The second-order valence-electron chi connectivity index (χ2n) is 11.4. The number of ether oxygens (including phenoxy) is 8. The van der Waals surface area contributed by atoms with Crippen LogP contribution in [0.25, 0.3) is 0 Å². The highest BCUT2D eigenvalue weighted by Crippen LogP contribution is 2.32. The van der Waals surface area contributed by atoms with Gasteiger partial charge in [-0.3, -0.25) is 0 Å². The second-order valence-corrected chi connectivity index (χ2v) is 11.4. The second kappa shape index (κ2) is 17.4. The van der Waals surface area contributed by atoms with Crippen LogP contribution in [-0.4, -0.2) is 99.2 Å². The number of phenolic OH excluding ortho intramolecular Hbond substituents is 4. The number of phenols is 4. The summed E-state index contributed by atoms with van der Waals surface area (Å²) in [5.41, 5.74) is -2.00. The Morgan fingerprint density at radius 2 is 0.623 bits per heavy atom. The van der Waals surface area contributed by atoms with Gasteiger partial charge in [0.15, 0.2) is 46.0 Å². The molecule has 0 amide bonds.